The van der Waals surface area contributed by atoms with Gasteiger partial charge in [0.25, 0.3) is 0 Å². The molecule has 2 unspecified atom stereocenters. The van der Waals surface area contributed by atoms with Gasteiger partial charge in [0.05, 0.1) is 31.2 Å². The highest BCUT2D eigenvalue weighted by Gasteiger charge is 2.51. The van der Waals surface area contributed by atoms with Gasteiger partial charge in [0, 0.05) is 0 Å². The summed E-state index contributed by atoms with van der Waals surface area (Å²) in [4.78, 5) is 31.5. The Kier molecular flexibility index (Phi) is 8.66. The van der Waals surface area contributed by atoms with Gasteiger partial charge in [-0.25, -0.2) is 4.79 Å². The summed E-state index contributed by atoms with van der Waals surface area (Å²) in [5.74, 6) is -1.20. The van der Waals surface area contributed by atoms with E-state index < -0.39 is 29.1 Å². The number of hydrogen-bond acceptors (Lipinski definition) is 6. The molecule has 0 fully saturated rings. The van der Waals surface area contributed by atoms with Crippen LogP contribution in [0, 0.1) is 5.92 Å². The minimum atomic E-state index is -0.895. The van der Waals surface area contributed by atoms with E-state index in [2.05, 4.69) is 46.8 Å². The van der Waals surface area contributed by atoms with Crippen LogP contribution in [0.1, 0.15) is 84.3 Å². The first-order valence-corrected chi connectivity index (χ1v) is 11.3. The van der Waals surface area contributed by atoms with Crippen molar-refractivity contribution in [2.24, 2.45) is 5.92 Å². The van der Waals surface area contributed by atoms with Gasteiger partial charge >= 0.3 is 11.9 Å². The topological polar surface area (TPSA) is 65.1 Å². The molecule has 0 aromatic heterocycles. The molecular formula is C25H39NO5. The lowest BCUT2D eigenvalue weighted by atomic mass is 9.91. The van der Waals surface area contributed by atoms with Gasteiger partial charge in [-0.1, -0.05) is 56.9 Å². The standard InChI is InChI=1S/C25H39NO5/c1-8-9-10-11-14-18(22(27)29-6)17-21(23(28)30-7)31-26-24(2,3)19-15-12-13-16-20(19)25(26,4)5/h12-13,15-16,18,21H,8-11,14,17H2,1-7H3. The number of hydroxylamine groups is 2. The number of hydrogen-bond donors (Lipinski definition) is 0. The Balaban J connectivity index is 2.26. The highest BCUT2D eigenvalue weighted by molar-refractivity contribution is 5.77. The molecule has 0 radical (unpaired) electrons. The number of carbonyl (C=O) groups is 2. The summed E-state index contributed by atoms with van der Waals surface area (Å²) in [6.07, 6.45) is 4.20. The van der Waals surface area contributed by atoms with E-state index in [4.69, 9.17) is 14.3 Å². The summed E-state index contributed by atoms with van der Waals surface area (Å²) < 4.78 is 10.1. The van der Waals surface area contributed by atoms with Gasteiger partial charge in [0.1, 0.15) is 0 Å². The van der Waals surface area contributed by atoms with Gasteiger partial charge in [-0.3, -0.25) is 9.63 Å². The minimum Gasteiger partial charge on any atom is -0.469 e. The molecule has 0 amide bonds. The molecule has 2 rings (SSSR count). The van der Waals surface area contributed by atoms with Crippen molar-refractivity contribution in [2.75, 3.05) is 14.2 Å². The highest BCUT2D eigenvalue weighted by atomic mass is 16.7. The van der Waals surface area contributed by atoms with Crippen molar-refractivity contribution >= 4 is 11.9 Å². The normalized spacial score (nSPS) is 18.8. The third-order valence-electron chi connectivity index (χ3n) is 6.40. The van der Waals surface area contributed by atoms with Crippen LogP contribution in [0.4, 0.5) is 0 Å². The number of carbonyl (C=O) groups excluding carboxylic acids is 2. The molecular weight excluding hydrogens is 394 g/mol. The largest absolute Gasteiger partial charge is 0.469 e. The Labute approximate surface area is 187 Å². The SMILES string of the molecule is CCCCCCC(CC(ON1C(C)(C)c2ccccc2C1(C)C)C(=O)OC)C(=O)OC. The third kappa shape index (κ3) is 5.47. The summed E-state index contributed by atoms with van der Waals surface area (Å²) in [5.41, 5.74) is 1.42. The molecule has 31 heavy (non-hydrogen) atoms. The summed E-state index contributed by atoms with van der Waals surface area (Å²) in [7, 11) is 2.74. The number of unbranched alkanes of at least 4 members (excludes halogenated alkanes) is 3. The average Bonchev–Trinajstić information content (AvgIpc) is 2.91. The molecule has 0 spiro atoms. The first-order chi connectivity index (χ1) is 14.6. The molecule has 1 aliphatic heterocycles. The maximum absolute atomic E-state index is 12.7. The molecule has 6 nitrogen and oxygen atoms in total. The molecule has 2 atom stereocenters. The second-order valence-electron chi connectivity index (χ2n) is 9.38. The summed E-state index contributed by atoms with van der Waals surface area (Å²) >= 11 is 0. The Bertz CT molecular complexity index is 723. The van der Waals surface area contributed by atoms with Gasteiger partial charge in [0.15, 0.2) is 6.10 Å². The molecule has 1 aromatic rings. The van der Waals surface area contributed by atoms with Gasteiger partial charge in [-0.15, -0.1) is 0 Å². The second kappa shape index (κ2) is 10.6. The monoisotopic (exact) mass is 433 g/mol. The van der Waals surface area contributed by atoms with E-state index in [0.29, 0.717) is 6.42 Å². The van der Waals surface area contributed by atoms with Crippen LogP contribution in [0.3, 0.4) is 0 Å². The Morgan fingerprint density at radius 2 is 1.45 bits per heavy atom. The number of rotatable bonds is 11. The molecule has 0 saturated carbocycles. The van der Waals surface area contributed by atoms with Crippen LogP contribution in [0.15, 0.2) is 24.3 Å². The van der Waals surface area contributed by atoms with Crippen LogP contribution in [-0.4, -0.2) is 37.3 Å². The molecule has 0 N–H and O–H groups in total. The van der Waals surface area contributed by atoms with E-state index in [1.54, 1.807) is 0 Å². The van der Waals surface area contributed by atoms with Gasteiger partial charge < -0.3 is 9.47 Å². The van der Waals surface area contributed by atoms with Crippen LogP contribution in [0.2, 0.25) is 0 Å². The lowest BCUT2D eigenvalue weighted by molar-refractivity contribution is -0.288. The van der Waals surface area contributed by atoms with E-state index in [9.17, 15) is 9.59 Å². The van der Waals surface area contributed by atoms with Crippen LogP contribution in [0.5, 0.6) is 0 Å². The van der Waals surface area contributed by atoms with E-state index in [1.165, 1.54) is 14.2 Å². The number of methoxy groups -OCH3 is 2. The van der Waals surface area contributed by atoms with Crippen LogP contribution in [-0.2, 0) is 35.0 Å². The van der Waals surface area contributed by atoms with Crippen molar-refractivity contribution in [3.05, 3.63) is 35.4 Å². The Morgan fingerprint density at radius 3 is 1.94 bits per heavy atom. The maximum atomic E-state index is 12.7. The number of fused-ring (bicyclic) bond motifs is 1. The number of ether oxygens (including phenoxy) is 2. The van der Waals surface area contributed by atoms with Crippen LogP contribution < -0.4 is 0 Å². The van der Waals surface area contributed by atoms with Gasteiger partial charge in [-0.05, 0) is 51.7 Å². The van der Waals surface area contributed by atoms with E-state index in [1.807, 2.05) is 17.2 Å². The fourth-order valence-corrected chi connectivity index (χ4v) is 4.75. The molecule has 0 aliphatic carbocycles. The van der Waals surface area contributed by atoms with Crippen LogP contribution in [0.25, 0.3) is 0 Å². The summed E-state index contributed by atoms with van der Waals surface area (Å²) in [5, 5.41) is 1.89. The van der Waals surface area contributed by atoms with E-state index >= 15 is 0 Å². The van der Waals surface area contributed by atoms with Crippen molar-refractivity contribution in [1.29, 1.82) is 0 Å². The zero-order valence-electron chi connectivity index (χ0n) is 20.2. The molecule has 1 heterocycles. The van der Waals surface area contributed by atoms with Gasteiger partial charge in [-0.2, -0.15) is 5.06 Å². The fraction of sp³-hybridized carbons (Fsp3) is 0.680. The first-order valence-electron chi connectivity index (χ1n) is 11.3. The molecule has 1 aliphatic rings. The summed E-state index contributed by atoms with van der Waals surface area (Å²) in [6.45, 7) is 10.5. The zero-order valence-corrected chi connectivity index (χ0v) is 20.2. The molecule has 174 valence electrons. The van der Waals surface area contributed by atoms with Crippen LogP contribution >= 0.6 is 0 Å². The Morgan fingerprint density at radius 1 is 0.903 bits per heavy atom. The molecule has 6 heteroatoms. The highest BCUT2D eigenvalue weighted by Crippen LogP contribution is 2.49. The van der Waals surface area contributed by atoms with Crippen molar-refractivity contribution in [1.82, 2.24) is 5.06 Å². The fourth-order valence-electron chi connectivity index (χ4n) is 4.75. The third-order valence-corrected chi connectivity index (χ3v) is 6.40. The number of nitrogens with zero attached hydrogens (tertiary/aromatic N) is 1. The summed E-state index contributed by atoms with van der Waals surface area (Å²) in [6, 6.07) is 8.22. The van der Waals surface area contributed by atoms with E-state index in [-0.39, 0.29) is 12.4 Å². The number of benzene rings is 1. The first kappa shape index (κ1) is 25.3. The predicted molar refractivity (Wildman–Crippen MR) is 120 cm³/mol. The Hall–Kier alpha value is -1.92. The molecule has 0 saturated heterocycles. The van der Waals surface area contributed by atoms with Crippen molar-refractivity contribution in [3.63, 3.8) is 0 Å². The van der Waals surface area contributed by atoms with Crippen molar-refractivity contribution in [3.8, 4) is 0 Å². The lowest BCUT2D eigenvalue weighted by Gasteiger charge is -2.41. The minimum absolute atomic E-state index is 0.227. The molecule has 0 bridgehead atoms. The lowest BCUT2D eigenvalue weighted by Crippen LogP contribution is -2.49. The smallest absolute Gasteiger partial charge is 0.337 e. The number of esters is 2. The van der Waals surface area contributed by atoms with Crippen molar-refractivity contribution < 1.29 is 23.9 Å². The maximum Gasteiger partial charge on any atom is 0.337 e. The van der Waals surface area contributed by atoms with Crippen molar-refractivity contribution in [2.45, 2.75) is 90.3 Å². The predicted octanol–water partition coefficient (Wildman–Crippen LogP) is 5.10. The zero-order chi connectivity index (χ0) is 23.2. The van der Waals surface area contributed by atoms with Gasteiger partial charge in [0.2, 0.25) is 0 Å². The quantitative estimate of drug-likeness (QED) is 0.357. The van der Waals surface area contributed by atoms with E-state index in [0.717, 1.165) is 36.8 Å². The molecule has 1 aromatic carbocycles. The second-order valence-corrected chi connectivity index (χ2v) is 9.38. The average molecular weight is 434 g/mol.